The van der Waals surface area contributed by atoms with Gasteiger partial charge in [-0.3, -0.25) is 13.9 Å². The number of hydrogen-bond acceptors (Lipinski definition) is 4. The number of fused-ring (bicyclic) bond motifs is 4. The van der Waals surface area contributed by atoms with Crippen molar-refractivity contribution in [1.29, 1.82) is 0 Å². The molecule has 0 atom stereocenters. The van der Waals surface area contributed by atoms with E-state index in [2.05, 4.69) is 26.0 Å². The van der Waals surface area contributed by atoms with Crippen LogP contribution in [0.5, 0.6) is 0 Å². The second-order valence-electron chi connectivity index (χ2n) is 8.30. The zero-order valence-electron chi connectivity index (χ0n) is 18.8. The first-order valence-electron chi connectivity index (χ1n) is 11.4. The van der Waals surface area contributed by atoms with Crippen LogP contribution in [-0.2, 0) is 13.0 Å². The lowest BCUT2D eigenvalue weighted by Crippen LogP contribution is -2.25. The van der Waals surface area contributed by atoms with Crippen LogP contribution >= 0.6 is 0 Å². The van der Waals surface area contributed by atoms with E-state index in [1.165, 1.54) is 0 Å². The van der Waals surface area contributed by atoms with Gasteiger partial charge in [-0.2, -0.15) is 0 Å². The third kappa shape index (κ3) is 3.27. The minimum Gasteiger partial charge on any atom is -0.296 e. The molecule has 0 aliphatic rings. The Morgan fingerprint density at radius 3 is 2.38 bits per heavy atom. The van der Waals surface area contributed by atoms with Gasteiger partial charge in [-0.1, -0.05) is 51.0 Å². The molecule has 0 bridgehead atoms. The fourth-order valence-electron chi connectivity index (χ4n) is 4.40. The Morgan fingerprint density at radius 1 is 0.875 bits per heavy atom. The van der Waals surface area contributed by atoms with Crippen LogP contribution in [0.4, 0.5) is 0 Å². The predicted octanol–water partition coefficient (Wildman–Crippen LogP) is 5.34. The fourth-order valence-corrected chi connectivity index (χ4v) is 4.40. The smallest absolute Gasteiger partial charge is 0.265 e. The van der Waals surface area contributed by atoms with Gasteiger partial charge in [0.25, 0.3) is 5.56 Å². The molecule has 5 rings (SSSR count). The third-order valence-electron chi connectivity index (χ3n) is 6.00. The summed E-state index contributed by atoms with van der Waals surface area (Å²) in [6.07, 6.45) is 3.84. The molecule has 2 aromatic carbocycles. The molecule has 0 aliphatic carbocycles. The molecule has 0 unspecified atom stereocenters. The van der Waals surface area contributed by atoms with Crippen molar-refractivity contribution in [1.82, 2.24) is 24.1 Å². The molecule has 162 valence electrons. The second-order valence-corrected chi connectivity index (χ2v) is 8.30. The van der Waals surface area contributed by atoms with E-state index in [4.69, 9.17) is 15.0 Å². The molecule has 0 spiro atoms. The van der Waals surface area contributed by atoms with E-state index in [-0.39, 0.29) is 5.56 Å². The van der Waals surface area contributed by atoms with Crippen LogP contribution in [0, 0.1) is 6.92 Å². The van der Waals surface area contributed by atoms with Crippen LogP contribution in [0.25, 0.3) is 38.9 Å². The van der Waals surface area contributed by atoms with Gasteiger partial charge >= 0.3 is 0 Å². The Labute approximate surface area is 186 Å². The van der Waals surface area contributed by atoms with Crippen molar-refractivity contribution in [2.45, 2.75) is 53.0 Å². The minimum absolute atomic E-state index is 0.0241. The van der Waals surface area contributed by atoms with E-state index in [1.807, 2.05) is 52.5 Å². The zero-order valence-corrected chi connectivity index (χ0v) is 18.8. The van der Waals surface area contributed by atoms with Crippen LogP contribution in [0.15, 0.2) is 53.3 Å². The van der Waals surface area contributed by atoms with Crippen LogP contribution in [0.2, 0.25) is 0 Å². The lowest BCUT2D eigenvalue weighted by Gasteiger charge is -2.12. The lowest BCUT2D eigenvalue weighted by atomic mass is 10.2. The SMILES string of the molecule is CCCCCn1c(CC)nc2c(c1=O)c1nc3ccccc3nc1n2-c1cccc(C)c1. The Balaban J connectivity index is 1.93. The van der Waals surface area contributed by atoms with Crippen LogP contribution < -0.4 is 5.56 Å². The summed E-state index contributed by atoms with van der Waals surface area (Å²) >= 11 is 0. The van der Waals surface area contributed by atoms with Gasteiger partial charge in [-0.25, -0.2) is 15.0 Å². The fraction of sp³-hybridized carbons (Fsp3) is 0.308. The molecule has 6 nitrogen and oxygen atoms in total. The molecule has 5 aromatic rings. The summed E-state index contributed by atoms with van der Waals surface area (Å²) in [5.74, 6) is 0.805. The summed E-state index contributed by atoms with van der Waals surface area (Å²) in [5, 5.41) is 0.549. The van der Waals surface area contributed by atoms with E-state index in [9.17, 15) is 4.79 Å². The highest BCUT2D eigenvalue weighted by Crippen LogP contribution is 2.29. The average molecular weight is 426 g/mol. The van der Waals surface area contributed by atoms with Gasteiger partial charge in [-0.15, -0.1) is 0 Å². The van der Waals surface area contributed by atoms with Gasteiger partial charge in [0.15, 0.2) is 11.3 Å². The van der Waals surface area contributed by atoms with E-state index in [0.717, 1.165) is 47.4 Å². The standard InChI is InChI=1S/C26H27N5O/c1-4-6-9-15-30-21(5-2)29-24-22(26(30)32)23-25(28-20-14-8-7-13-19(20)27-23)31(24)18-12-10-11-17(3)16-18/h7-8,10-14,16H,4-6,9,15H2,1-3H3. The number of aryl methyl sites for hydroxylation is 2. The Morgan fingerprint density at radius 2 is 1.66 bits per heavy atom. The second kappa shape index (κ2) is 8.19. The maximum absolute atomic E-state index is 13.8. The number of unbranched alkanes of at least 4 members (excludes halogenated alkanes) is 2. The van der Waals surface area contributed by atoms with E-state index < -0.39 is 0 Å². The maximum atomic E-state index is 13.8. The minimum atomic E-state index is -0.0241. The zero-order chi connectivity index (χ0) is 22.2. The molecule has 0 aliphatic heterocycles. The van der Waals surface area contributed by atoms with Gasteiger partial charge in [0, 0.05) is 18.7 Å². The molecule has 6 heteroatoms. The molecule has 3 aromatic heterocycles. The van der Waals surface area contributed by atoms with Crippen molar-refractivity contribution in [2.24, 2.45) is 0 Å². The highest BCUT2D eigenvalue weighted by molar-refractivity contribution is 6.05. The van der Waals surface area contributed by atoms with Crippen molar-refractivity contribution >= 4 is 33.2 Å². The first-order valence-corrected chi connectivity index (χ1v) is 11.4. The van der Waals surface area contributed by atoms with Crippen molar-refractivity contribution in [3.8, 4) is 5.69 Å². The molecule has 0 radical (unpaired) electrons. The van der Waals surface area contributed by atoms with Crippen molar-refractivity contribution in [2.75, 3.05) is 0 Å². The Hall–Kier alpha value is -3.54. The summed E-state index contributed by atoms with van der Waals surface area (Å²) in [5.41, 5.74) is 5.54. The number of para-hydroxylation sites is 2. The number of aromatic nitrogens is 5. The molecule has 32 heavy (non-hydrogen) atoms. The summed E-state index contributed by atoms with van der Waals surface area (Å²) in [6.45, 7) is 6.95. The Kier molecular flexibility index (Phi) is 5.21. The highest BCUT2D eigenvalue weighted by Gasteiger charge is 2.22. The quantitative estimate of drug-likeness (QED) is 0.344. The summed E-state index contributed by atoms with van der Waals surface area (Å²) in [6, 6.07) is 16.0. The number of hydrogen-bond donors (Lipinski definition) is 0. The first-order chi connectivity index (χ1) is 15.6. The van der Waals surface area contributed by atoms with E-state index in [0.29, 0.717) is 35.2 Å². The largest absolute Gasteiger partial charge is 0.296 e. The predicted molar refractivity (Wildman–Crippen MR) is 130 cm³/mol. The van der Waals surface area contributed by atoms with E-state index in [1.54, 1.807) is 0 Å². The van der Waals surface area contributed by atoms with Gasteiger partial charge in [0.1, 0.15) is 16.7 Å². The number of rotatable bonds is 6. The molecular formula is C26H27N5O. The molecule has 0 saturated carbocycles. The maximum Gasteiger partial charge on any atom is 0.265 e. The van der Waals surface area contributed by atoms with E-state index >= 15 is 0 Å². The number of benzene rings is 2. The first kappa shape index (κ1) is 20.4. The average Bonchev–Trinajstić information content (AvgIpc) is 3.12. The van der Waals surface area contributed by atoms with Crippen LogP contribution in [0.1, 0.15) is 44.5 Å². The number of nitrogens with zero attached hydrogens (tertiary/aromatic N) is 5. The van der Waals surface area contributed by atoms with Crippen molar-refractivity contribution in [3.63, 3.8) is 0 Å². The normalized spacial score (nSPS) is 11.7. The van der Waals surface area contributed by atoms with Crippen LogP contribution in [-0.4, -0.2) is 24.1 Å². The third-order valence-corrected chi connectivity index (χ3v) is 6.00. The van der Waals surface area contributed by atoms with Crippen LogP contribution in [0.3, 0.4) is 0 Å². The summed E-state index contributed by atoms with van der Waals surface area (Å²) < 4.78 is 3.84. The monoisotopic (exact) mass is 425 g/mol. The summed E-state index contributed by atoms with van der Waals surface area (Å²) in [7, 11) is 0. The van der Waals surface area contributed by atoms with Gasteiger partial charge in [0.05, 0.1) is 11.0 Å². The highest BCUT2D eigenvalue weighted by atomic mass is 16.1. The van der Waals surface area contributed by atoms with Crippen molar-refractivity contribution in [3.05, 3.63) is 70.3 Å². The molecule has 0 fully saturated rings. The van der Waals surface area contributed by atoms with Gasteiger partial charge in [0.2, 0.25) is 0 Å². The molecule has 0 amide bonds. The van der Waals surface area contributed by atoms with Gasteiger partial charge in [-0.05, 0) is 43.2 Å². The molecule has 3 heterocycles. The Bertz CT molecular complexity index is 1510. The van der Waals surface area contributed by atoms with Gasteiger partial charge < -0.3 is 0 Å². The molecule has 0 saturated heterocycles. The summed E-state index contributed by atoms with van der Waals surface area (Å²) in [4.78, 5) is 28.6. The molecule has 0 N–H and O–H groups in total. The van der Waals surface area contributed by atoms with Crippen molar-refractivity contribution < 1.29 is 0 Å². The lowest BCUT2D eigenvalue weighted by molar-refractivity contribution is 0.560. The molecular weight excluding hydrogens is 398 g/mol. The topological polar surface area (TPSA) is 65.6 Å².